The first-order valence-electron chi connectivity index (χ1n) is 7.05. The Morgan fingerprint density at radius 3 is 2.60 bits per heavy atom. The van der Waals surface area contributed by atoms with Crippen LogP contribution in [0.3, 0.4) is 0 Å². The van der Waals surface area contributed by atoms with Crippen molar-refractivity contribution in [2.45, 2.75) is 43.7 Å². The van der Waals surface area contributed by atoms with Crippen LogP contribution in [0, 0.1) is 23.4 Å². The third-order valence-corrected chi connectivity index (χ3v) is 4.73. The number of halogens is 3. The molecule has 1 aliphatic carbocycles. The topological polar surface area (TPSA) is 35.2 Å². The zero-order valence-electron chi connectivity index (χ0n) is 11.2. The van der Waals surface area contributed by atoms with Crippen LogP contribution >= 0.6 is 0 Å². The first-order chi connectivity index (χ1) is 9.52. The highest BCUT2D eigenvalue weighted by atomic mass is 19.2. The first kappa shape index (κ1) is 13.9. The Kier molecular flexibility index (Phi) is 3.50. The predicted octanol–water partition coefficient (Wildman–Crippen LogP) is 3.45. The molecule has 1 aliphatic heterocycles. The SMILES string of the molecule is NC(c1ccc(F)c(F)c1F)C1CCOC2(CCC2)C1. The van der Waals surface area contributed by atoms with E-state index >= 15 is 0 Å². The van der Waals surface area contributed by atoms with Gasteiger partial charge >= 0.3 is 0 Å². The number of nitrogens with two attached hydrogens (primary N) is 1. The van der Waals surface area contributed by atoms with Gasteiger partial charge in [-0.15, -0.1) is 0 Å². The average molecular weight is 285 g/mol. The summed E-state index contributed by atoms with van der Waals surface area (Å²) in [4.78, 5) is 0. The summed E-state index contributed by atoms with van der Waals surface area (Å²) in [6, 6.07) is 1.57. The normalized spacial score (nSPS) is 26.3. The van der Waals surface area contributed by atoms with E-state index in [2.05, 4.69) is 0 Å². The van der Waals surface area contributed by atoms with Gasteiger partial charge in [0.15, 0.2) is 17.5 Å². The molecule has 1 aromatic rings. The minimum absolute atomic E-state index is 0.0448. The molecule has 5 heteroatoms. The summed E-state index contributed by atoms with van der Waals surface area (Å²) in [6.07, 6.45) is 4.66. The summed E-state index contributed by atoms with van der Waals surface area (Å²) in [5.41, 5.74) is 6.06. The Hall–Kier alpha value is -1.07. The van der Waals surface area contributed by atoms with E-state index in [9.17, 15) is 13.2 Å². The van der Waals surface area contributed by atoms with E-state index in [1.807, 2.05) is 0 Å². The van der Waals surface area contributed by atoms with Gasteiger partial charge < -0.3 is 10.5 Å². The van der Waals surface area contributed by atoms with Crippen molar-refractivity contribution in [3.05, 3.63) is 35.1 Å². The van der Waals surface area contributed by atoms with Gasteiger partial charge in [0.1, 0.15) is 0 Å². The lowest BCUT2D eigenvalue weighted by Gasteiger charge is -2.48. The molecule has 3 rings (SSSR count). The molecule has 1 aromatic carbocycles. The fourth-order valence-electron chi connectivity index (χ4n) is 3.34. The third-order valence-electron chi connectivity index (χ3n) is 4.73. The molecule has 2 N–H and O–H groups in total. The highest BCUT2D eigenvalue weighted by Gasteiger charge is 2.44. The Morgan fingerprint density at radius 1 is 1.20 bits per heavy atom. The number of hydrogen-bond donors (Lipinski definition) is 1. The van der Waals surface area contributed by atoms with Crippen LogP contribution < -0.4 is 5.73 Å². The fourth-order valence-corrected chi connectivity index (χ4v) is 3.34. The number of benzene rings is 1. The molecule has 1 saturated heterocycles. The monoisotopic (exact) mass is 285 g/mol. The van der Waals surface area contributed by atoms with Crippen LogP contribution in [0.5, 0.6) is 0 Å². The van der Waals surface area contributed by atoms with Crippen LogP contribution in [-0.4, -0.2) is 12.2 Å². The van der Waals surface area contributed by atoms with Crippen molar-refractivity contribution in [3.8, 4) is 0 Å². The molecule has 110 valence electrons. The molecule has 0 aromatic heterocycles. The van der Waals surface area contributed by atoms with Crippen LogP contribution in [0.25, 0.3) is 0 Å². The highest BCUT2D eigenvalue weighted by molar-refractivity contribution is 5.24. The fraction of sp³-hybridized carbons (Fsp3) is 0.600. The van der Waals surface area contributed by atoms with Gasteiger partial charge in [0, 0.05) is 18.2 Å². The number of ether oxygens (including phenoxy) is 1. The van der Waals surface area contributed by atoms with Gasteiger partial charge in [0.2, 0.25) is 0 Å². The van der Waals surface area contributed by atoms with E-state index in [0.29, 0.717) is 6.61 Å². The second kappa shape index (κ2) is 5.04. The van der Waals surface area contributed by atoms with Gasteiger partial charge in [0.05, 0.1) is 5.60 Å². The van der Waals surface area contributed by atoms with Crippen LogP contribution in [-0.2, 0) is 4.74 Å². The summed E-state index contributed by atoms with van der Waals surface area (Å²) >= 11 is 0. The minimum Gasteiger partial charge on any atom is -0.375 e. The molecular formula is C15H18F3NO. The molecule has 1 spiro atoms. The van der Waals surface area contributed by atoms with E-state index in [0.717, 1.165) is 38.2 Å². The van der Waals surface area contributed by atoms with Crippen LogP contribution in [0.4, 0.5) is 13.2 Å². The second-order valence-corrected chi connectivity index (χ2v) is 5.93. The molecule has 1 heterocycles. The molecule has 2 fully saturated rings. The Morgan fingerprint density at radius 2 is 1.95 bits per heavy atom. The van der Waals surface area contributed by atoms with Gasteiger partial charge in [-0.05, 0) is 44.1 Å². The molecule has 20 heavy (non-hydrogen) atoms. The van der Waals surface area contributed by atoms with E-state index < -0.39 is 23.5 Å². The van der Waals surface area contributed by atoms with E-state index in [4.69, 9.17) is 10.5 Å². The Balaban J connectivity index is 1.81. The molecule has 0 bridgehead atoms. The van der Waals surface area contributed by atoms with Gasteiger partial charge in [-0.25, -0.2) is 13.2 Å². The third kappa shape index (κ3) is 2.23. The van der Waals surface area contributed by atoms with Crippen molar-refractivity contribution in [2.75, 3.05) is 6.61 Å². The maximum absolute atomic E-state index is 13.8. The van der Waals surface area contributed by atoms with Crippen LogP contribution in [0.15, 0.2) is 12.1 Å². The van der Waals surface area contributed by atoms with Crippen LogP contribution in [0.2, 0.25) is 0 Å². The molecule has 2 aliphatic rings. The first-order valence-corrected chi connectivity index (χ1v) is 7.05. The summed E-state index contributed by atoms with van der Waals surface area (Å²) in [5, 5.41) is 0. The number of hydrogen-bond acceptors (Lipinski definition) is 2. The lowest BCUT2D eigenvalue weighted by molar-refractivity contribution is -0.146. The Bertz CT molecular complexity index is 516. The smallest absolute Gasteiger partial charge is 0.194 e. The molecular weight excluding hydrogens is 267 g/mol. The highest BCUT2D eigenvalue weighted by Crippen LogP contribution is 2.46. The molecule has 2 atom stereocenters. The maximum atomic E-state index is 13.8. The molecule has 2 unspecified atom stereocenters. The van der Waals surface area contributed by atoms with Gasteiger partial charge in [-0.3, -0.25) is 0 Å². The quantitative estimate of drug-likeness (QED) is 0.845. The van der Waals surface area contributed by atoms with E-state index in [-0.39, 0.29) is 17.1 Å². The van der Waals surface area contributed by atoms with Crippen molar-refractivity contribution >= 4 is 0 Å². The predicted molar refractivity (Wildman–Crippen MR) is 68.5 cm³/mol. The van der Waals surface area contributed by atoms with E-state index in [1.54, 1.807) is 0 Å². The van der Waals surface area contributed by atoms with Crippen molar-refractivity contribution in [1.82, 2.24) is 0 Å². The standard InChI is InChI=1S/C15H18F3NO/c16-11-3-2-10(12(17)13(11)18)14(19)9-4-7-20-15(8-9)5-1-6-15/h2-3,9,14H,1,4-8,19H2. The summed E-state index contributed by atoms with van der Waals surface area (Å²) in [5.74, 6) is -3.74. The molecule has 0 amide bonds. The molecule has 1 saturated carbocycles. The minimum atomic E-state index is -1.44. The van der Waals surface area contributed by atoms with Gasteiger partial charge in [-0.2, -0.15) is 0 Å². The lowest BCUT2D eigenvalue weighted by atomic mass is 9.70. The maximum Gasteiger partial charge on any atom is 0.194 e. The lowest BCUT2D eigenvalue weighted by Crippen LogP contribution is -2.47. The van der Waals surface area contributed by atoms with Crippen molar-refractivity contribution < 1.29 is 17.9 Å². The van der Waals surface area contributed by atoms with Crippen molar-refractivity contribution in [3.63, 3.8) is 0 Å². The zero-order chi connectivity index (χ0) is 14.3. The second-order valence-electron chi connectivity index (χ2n) is 5.93. The van der Waals surface area contributed by atoms with E-state index in [1.165, 1.54) is 6.07 Å². The van der Waals surface area contributed by atoms with Crippen LogP contribution in [0.1, 0.15) is 43.7 Å². The summed E-state index contributed by atoms with van der Waals surface area (Å²) in [7, 11) is 0. The van der Waals surface area contributed by atoms with Crippen molar-refractivity contribution in [2.24, 2.45) is 11.7 Å². The average Bonchev–Trinajstić information content (AvgIpc) is 2.43. The summed E-state index contributed by atoms with van der Waals surface area (Å²) in [6.45, 7) is 0.601. The zero-order valence-corrected chi connectivity index (χ0v) is 11.2. The summed E-state index contributed by atoms with van der Waals surface area (Å²) < 4.78 is 45.9. The Labute approximate surface area is 116 Å². The van der Waals surface area contributed by atoms with Gasteiger partial charge in [0.25, 0.3) is 0 Å². The van der Waals surface area contributed by atoms with Crippen molar-refractivity contribution in [1.29, 1.82) is 0 Å². The largest absolute Gasteiger partial charge is 0.375 e. The van der Waals surface area contributed by atoms with Gasteiger partial charge in [-0.1, -0.05) is 6.07 Å². The number of rotatable bonds is 2. The molecule has 0 radical (unpaired) electrons. The molecule has 2 nitrogen and oxygen atoms in total.